The van der Waals surface area contributed by atoms with Crippen LogP contribution in [0.1, 0.15) is 26.2 Å². The monoisotopic (exact) mass is 197 g/mol. The Morgan fingerprint density at radius 3 is 2.57 bits per heavy atom. The summed E-state index contributed by atoms with van der Waals surface area (Å²) in [5.41, 5.74) is -0.0648. The summed E-state index contributed by atoms with van der Waals surface area (Å²) in [4.78, 5) is 22.2. The molecule has 2 rings (SSSR count). The van der Waals surface area contributed by atoms with Gasteiger partial charge in [0.2, 0.25) is 5.91 Å². The third-order valence-corrected chi connectivity index (χ3v) is 3.61. The molecule has 2 saturated carbocycles. The van der Waals surface area contributed by atoms with Gasteiger partial charge in [0.15, 0.2) is 0 Å². The van der Waals surface area contributed by atoms with Crippen molar-refractivity contribution >= 4 is 11.9 Å². The minimum atomic E-state index is -0.129. The van der Waals surface area contributed by atoms with Crippen LogP contribution in [0.25, 0.3) is 0 Å². The van der Waals surface area contributed by atoms with Gasteiger partial charge in [-0.3, -0.25) is 9.59 Å². The largest absolute Gasteiger partial charge is 0.469 e. The molecule has 0 spiro atoms. The van der Waals surface area contributed by atoms with Gasteiger partial charge in [0.25, 0.3) is 0 Å². The lowest BCUT2D eigenvalue weighted by molar-refractivity contribution is -0.170. The number of ether oxygens (including phenoxy) is 1. The molecule has 2 aliphatic carbocycles. The fourth-order valence-corrected chi connectivity index (χ4v) is 2.83. The second-order valence-corrected chi connectivity index (χ2v) is 4.32. The van der Waals surface area contributed by atoms with Gasteiger partial charge < -0.3 is 10.1 Å². The van der Waals surface area contributed by atoms with E-state index in [0.29, 0.717) is 5.92 Å². The van der Waals surface area contributed by atoms with Crippen LogP contribution >= 0.6 is 0 Å². The number of carbonyl (C=O) groups excluding carboxylic acids is 2. The molecule has 2 fully saturated rings. The van der Waals surface area contributed by atoms with E-state index in [1.807, 2.05) is 0 Å². The predicted octanol–water partition coefficient (Wildman–Crippen LogP) is 0.464. The summed E-state index contributed by atoms with van der Waals surface area (Å²) in [6.45, 7) is 1.52. The van der Waals surface area contributed by atoms with Crippen LogP contribution in [0.15, 0.2) is 0 Å². The molecule has 4 nitrogen and oxygen atoms in total. The SMILES string of the molecule is COC(=O)C1CC2(NC(C)=O)CCC12. The predicted molar refractivity (Wildman–Crippen MR) is 49.4 cm³/mol. The smallest absolute Gasteiger partial charge is 0.309 e. The zero-order valence-corrected chi connectivity index (χ0v) is 8.50. The van der Waals surface area contributed by atoms with Gasteiger partial charge in [-0.05, 0) is 25.2 Å². The maximum atomic E-state index is 11.3. The van der Waals surface area contributed by atoms with Gasteiger partial charge in [0, 0.05) is 12.5 Å². The van der Waals surface area contributed by atoms with Crippen molar-refractivity contribution < 1.29 is 14.3 Å². The van der Waals surface area contributed by atoms with Crippen LogP contribution in [-0.2, 0) is 14.3 Å². The van der Waals surface area contributed by atoms with Crippen LogP contribution < -0.4 is 5.32 Å². The first kappa shape index (κ1) is 9.49. The number of rotatable bonds is 2. The van der Waals surface area contributed by atoms with Gasteiger partial charge in [-0.15, -0.1) is 0 Å². The molecular formula is C10H15NO3. The number of esters is 1. The highest BCUT2D eigenvalue weighted by molar-refractivity contribution is 5.78. The molecule has 0 aromatic heterocycles. The second-order valence-electron chi connectivity index (χ2n) is 4.32. The van der Waals surface area contributed by atoms with Gasteiger partial charge in [0.1, 0.15) is 0 Å². The molecule has 78 valence electrons. The zero-order valence-electron chi connectivity index (χ0n) is 8.50. The molecular weight excluding hydrogens is 182 g/mol. The summed E-state index contributed by atoms with van der Waals surface area (Å²) in [7, 11) is 1.42. The lowest BCUT2D eigenvalue weighted by atomic mass is 9.47. The second kappa shape index (κ2) is 2.97. The van der Waals surface area contributed by atoms with Crippen molar-refractivity contribution in [2.45, 2.75) is 31.7 Å². The van der Waals surface area contributed by atoms with Crippen LogP contribution in [-0.4, -0.2) is 24.5 Å². The molecule has 0 aromatic rings. The number of hydrogen-bond acceptors (Lipinski definition) is 3. The number of hydrogen-bond donors (Lipinski definition) is 1. The number of methoxy groups -OCH3 is 1. The summed E-state index contributed by atoms with van der Waals surface area (Å²) in [6.07, 6.45) is 2.79. The molecule has 0 heterocycles. The summed E-state index contributed by atoms with van der Waals surface area (Å²) in [6, 6.07) is 0. The Kier molecular flexibility index (Phi) is 2.01. The molecule has 0 aliphatic heterocycles. The Morgan fingerprint density at radius 1 is 1.50 bits per heavy atom. The average Bonchev–Trinajstić information content (AvgIpc) is 2.12. The Balaban J connectivity index is 1.97. The first-order valence-corrected chi connectivity index (χ1v) is 4.95. The van der Waals surface area contributed by atoms with E-state index in [4.69, 9.17) is 4.74 Å². The van der Waals surface area contributed by atoms with E-state index in [2.05, 4.69) is 5.32 Å². The summed E-state index contributed by atoms with van der Waals surface area (Å²) in [5.74, 6) is 0.202. The normalized spacial score (nSPS) is 38.7. The van der Waals surface area contributed by atoms with E-state index >= 15 is 0 Å². The molecule has 1 N–H and O–H groups in total. The molecule has 14 heavy (non-hydrogen) atoms. The van der Waals surface area contributed by atoms with E-state index in [-0.39, 0.29) is 23.3 Å². The minimum Gasteiger partial charge on any atom is -0.469 e. The molecule has 0 radical (unpaired) electrons. The van der Waals surface area contributed by atoms with Crippen LogP contribution in [0, 0.1) is 11.8 Å². The maximum absolute atomic E-state index is 11.3. The van der Waals surface area contributed by atoms with Crippen LogP contribution in [0.5, 0.6) is 0 Å². The van der Waals surface area contributed by atoms with Gasteiger partial charge in [-0.25, -0.2) is 0 Å². The van der Waals surface area contributed by atoms with E-state index in [1.54, 1.807) is 0 Å². The standard InChI is InChI=1S/C10H15NO3/c1-6(12)11-10-4-3-8(10)7(5-10)9(13)14-2/h7-8H,3-5H2,1-2H3,(H,11,12). The number of amides is 1. The molecule has 0 saturated heterocycles. The van der Waals surface area contributed by atoms with Crippen molar-refractivity contribution in [2.75, 3.05) is 7.11 Å². The highest BCUT2D eigenvalue weighted by Crippen LogP contribution is 2.57. The summed E-state index contributed by atoms with van der Waals surface area (Å²) < 4.78 is 4.71. The topological polar surface area (TPSA) is 55.4 Å². The zero-order chi connectivity index (χ0) is 10.3. The van der Waals surface area contributed by atoms with E-state index in [1.165, 1.54) is 14.0 Å². The maximum Gasteiger partial charge on any atom is 0.309 e. The highest BCUT2D eigenvalue weighted by atomic mass is 16.5. The van der Waals surface area contributed by atoms with Crippen molar-refractivity contribution in [2.24, 2.45) is 11.8 Å². The number of nitrogens with one attached hydrogen (secondary N) is 1. The molecule has 3 unspecified atom stereocenters. The van der Waals surface area contributed by atoms with Crippen molar-refractivity contribution in [1.29, 1.82) is 0 Å². The van der Waals surface area contributed by atoms with E-state index < -0.39 is 0 Å². The van der Waals surface area contributed by atoms with Crippen molar-refractivity contribution in [1.82, 2.24) is 5.32 Å². The van der Waals surface area contributed by atoms with Crippen LogP contribution in [0.4, 0.5) is 0 Å². The Labute approximate surface area is 83.0 Å². The lowest BCUT2D eigenvalue weighted by Gasteiger charge is -2.62. The average molecular weight is 197 g/mol. The fourth-order valence-electron chi connectivity index (χ4n) is 2.83. The highest BCUT2D eigenvalue weighted by Gasteiger charge is 2.62. The molecule has 4 heteroatoms. The summed E-state index contributed by atoms with van der Waals surface area (Å²) in [5, 5.41) is 2.95. The molecule has 0 aromatic carbocycles. The quantitative estimate of drug-likeness (QED) is 0.654. The molecule has 1 amide bonds. The lowest BCUT2D eigenvalue weighted by Crippen LogP contribution is -2.71. The third-order valence-electron chi connectivity index (χ3n) is 3.61. The van der Waals surface area contributed by atoms with Gasteiger partial charge in [-0.1, -0.05) is 0 Å². The first-order chi connectivity index (χ1) is 6.59. The number of fused-ring (bicyclic) bond motifs is 1. The Bertz CT molecular complexity index is 289. The fraction of sp³-hybridized carbons (Fsp3) is 0.800. The van der Waals surface area contributed by atoms with Crippen molar-refractivity contribution in [3.8, 4) is 0 Å². The Hall–Kier alpha value is -1.06. The minimum absolute atomic E-state index is 0.00184. The third kappa shape index (κ3) is 1.13. The van der Waals surface area contributed by atoms with Gasteiger partial charge in [0.05, 0.1) is 13.0 Å². The van der Waals surface area contributed by atoms with E-state index in [0.717, 1.165) is 19.3 Å². The van der Waals surface area contributed by atoms with Crippen LogP contribution in [0.3, 0.4) is 0 Å². The van der Waals surface area contributed by atoms with Crippen molar-refractivity contribution in [3.05, 3.63) is 0 Å². The molecule has 2 aliphatic rings. The molecule has 3 atom stereocenters. The van der Waals surface area contributed by atoms with Crippen LogP contribution in [0.2, 0.25) is 0 Å². The van der Waals surface area contributed by atoms with Crippen molar-refractivity contribution in [3.63, 3.8) is 0 Å². The van der Waals surface area contributed by atoms with E-state index in [9.17, 15) is 9.59 Å². The van der Waals surface area contributed by atoms with Gasteiger partial charge >= 0.3 is 5.97 Å². The van der Waals surface area contributed by atoms with Gasteiger partial charge in [-0.2, -0.15) is 0 Å². The Morgan fingerprint density at radius 2 is 2.21 bits per heavy atom. The first-order valence-electron chi connectivity index (χ1n) is 4.95. The molecule has 0 bridgehead atoms. The number of carbonyl (C=O) groups is 2. The summed E-state index contributed by atoms with van der Waals surface area (Å²) >= 11 is 0.